The molecule has 1 aliphatic rings. The summed E-state index contributed by atoms with van der Waals surface area (Å²) in [6, 6.07) is 1.57. The summed E-state index contributed by atoms with van der Waals surface area (Å²) in [6.45, 7) is 1.36. The number of hydrogen-bond donors (Lipinski definition) is 2. The van der Waals surface area contributed by atoms with Gasteiger partial charge in [-0.05, 0) is 25.1 Å². The van der Waals surface area contributed by atoms with Crippen molar-refractivity contribution in [1.82, 2.24) is 10.6 Å². The van der Waals surface area contributed by atoms with Crippen molar-refractivity contribution in [3.63, 3.8) is 0 Å². The van der Waals surface area contributed by atoms with Gasteiger partial charge in [-0.1, -0.05) is 0 Å². The molecule has 1 fully saturated rings. The predicted molar refractivity (Wildman–Crippen MR) is 55.1 cm³/mol. The summed E-state index contributed by atoms with van der Waals surface area (Å²) in [5, 5.41) is 5.57. The van der Waals surface area contributed by atoms with Gasteiger partial charge in [0.15, 0.2) is 17.5 Å². The van der Waals surface area contributed by atoms with E-state index >= 15 is 0 Å². The predicted octanol–water partition coefficient (Wildman–Crippen LogP) is 1.20. The van der Waals surface area contributed by atoms with Crippen LogP contribution in [0.2, 0.25) is 0 Å². The molecule has 0 bridgehead atoms. The third-order valence-electron chi connectivity index (χ3n) is 2.68. The summed E-state index contributed by atoms with van der Waals surface area (Å²) in [4.78, 5) is 11.6. The molecule has 1 amide bonds. The number of halogens is 3. The van der Waals surface area contributed by atoms with Gasteiger partial charge in [-0.3, -0.25) is 4.79 Å². The van der Waals surface area contributed by atoms with Crippen molar-refractivity contribution in [2.45, 2.75) is 12.5 Å². The van der Waals surface area contributed by atoms with Gasteiger partial charge in [0.25, 0.3) is 5.91 Å². The molecule has 1 saturated heterocycles. The molecule has 2 N–H and O–H groups in total. The maximum Gasteiger partial charge on any atom is 0.254 e. The fourth-order valence-electron chi connectivity index (χ4n) is 1.74. The number of nitrogens with one attached hydrogen (secondary N) is 2. The fraction of sp³-hybridized carbons (Fsp3) is 0.364. The lowest BCUT2D eigenvalue weighted by atomic mass is 10.1. The van der Waals surface area contributed by atoms with Crippen LogP contribution < -0.4 is 10.6 Å². The molecule has 1 aromatic rings. The first-order valence-electron chi connectivity index (χ1n) is 5.24. The molecule has 0 saturated carbocycles. The van der Waals surface area contributed by atoms with E-state index in [4.69, 9.17) is 0 Å². The van der Waals surface area contributed by atoms with Crippen LogP contribution in [0.3, 0.4) is 0 Å². The van der Waals surface area contributed by atoms with Gasteiger partial charge < -0.3 is 10.6 Å². The molecule has 0 aromatic heterocycles. The SMILES string of the molecule is O=C(N[C@H]1CCNC1)c1ccc(F)c(F)c1F. The smallest absolute Gasteiger partial charge is 0.254 e. The van der Waals surface area contributed by atoms with Crippen LogP contribution in [0.1, 0.15) is 16.8 Å². The van der Waals surface area contributed by atoms with E-state index in [9.17, 15) is 18.0 Å². The Morgan fingerprint density at radius 3 is 2.71 bits per heavy atom. The van der Waals surface area contributed by atoms with Gasteiger partial charge in [0.1, 0.15) is 0 Å². The van der Waals surface area contributed by atoms with Crippen molar-refractivity contribution in [2.75, 3.05) is 13.1 Å². The minimum absolute atomic E-state index is 0.102. The van der Waals surface area contributed by atoms with E-state index in [0.29, 0.717) is 6.54 Å². The van der Waals surface area contributed by atoms with Gasteiger partial charge in [-0.15, -0.1) is 0 Å². The van der Waals surface area contributed by atoms with Crippen molar-refractivity contribution >= 4 is 5.91 Å². The first-order valence-corrected chi connectivity index (χ1v) is 5.24. The summed E-state index contributed by atoms with van der Waals surface area (Å²) >= 11 is 0. The Hall–Kier alpha value is -1.56. The second kappa shape index (κ2) is 4.75. The summed E-state index contributed by atoms with van der Waals surface area (Å²) < 4.78 is 38.9. The van der Waals surface area contributed by atoms with Crippen molar-refractivity contribution in [3.05, 3.63) is 35.1 Å². The lowest BCUT2D eigenvalue weighted by molar-refractivity contribution is 0.0934. The van der Waals surface area contributed by atoms with Crippen LogP contribution in [-0.4, -0.2) is 25.0 Å². The summed E-state index contributed by atoms with van der Waals surface area (Å²) in [5.41, 5.74) is -0.476. The average Bonchev–Trinajstić information content (AvgIpc) is 2.78. The van der Waals surface area contributed by atoms with Crippen molar-refractivity contribution in [2.24, 2.45) is 0 Å². The molecule has 0 radical (unpaired) electrons. The minimum atomic E-state index is -1.62. The van der Waals surface area contributed by atoms with Crippen LogP contribution in [0.15, 0.2) is 12.1 Å². The third kappa shape index (κ3) is 2.41. The Labute approximate surface area is 96.0 Å². The molecule has 1 heterocycles. The Morgan fingerprint density at radius 1 is 1.29 bits per heavy atom. The highest BCUT2D eigenvalue weighted by Crippen LogP contribution is 2.15. The van der Waals surface area contributed by atoms with E-state index in [-0.39, 0.29) is 6.04 Å². The van der Waals surface area contributed by atoms with Crippen LogP contribution in [-0.2, 0) is 0 Å². The molecule has 0 aliphatic carbocycles. The molecule has 92 valence electrons. The zero-order chi connectivity index (χ0) is 12.4. The molecule has 17 heavy (non-hydrogen) atoms. The van der Waals surface area contributed by atoms with Crippen LogP contribution in [0, 0.1) is 17.5 Å². The topological polar surface area (TPSA) is 41.1 Å². The molecule has 2 rings (SSSR count). The average molecular weight is 244 g/mol. The Kier molecular flexibility index (Phi) is 3.33. The van der Waals surface area contributed by atoms with E-state index in [1.54, 1.807) is 0 Å². The Morgan fingerprint density at radius 2 is 2.06 bits per heavy atom. The minimum Gasteiger partial charge on any atom is -0.348 e. The highest BCUT2D eigenvalue weighted by molar-refractivity contribution is 5.94. The van der Waals surface area contributed by atoms with Gasteiger partial charge >= 0.3 is 0 Å². The standard InChI is InChI=1S/C11H11F3N2O/c12-8-2-1-7(9(13)10(8)14)11(17)16-6-3-4-15-5-6/h1-2,6,15H,3-5H2,(H,16,17)/t6-/m0/s1. The lowest BCUT2D eigenvalue weighted by Gasteiger charge is -2.11. The number of hydrogen-bond acceptors (Lipinski definition) is 2. The Bertz CT molecular complexity index is 445. The fourth-order valence-corrected chi connectivity index (χ4v) is 1.74. The van der Waals surface area contributed by atoms with Crippen molar-refractivity contribution in [1.29, 1.82) is 0 Å². The van der Waals surface area contributed by atoms with Crippen LogP contribution in [0.4, 0.5) is 13.2 Å². The van der Waals surface area contributed by atoms with Gasteiger partial charge in [0.05, 0.1) is 5.56 Å². The van der Waals surface area contributed by atoms with E-state index < -0.39 is 28.9 Å². The molecule has 6 heteroatoms. The lowest BCUT2D eigenvalue weighted by Crippen LogP contribution is -2.36. The Balaban J connectivity index is 2.16. The first kappa shape index (κ1) is 11.9. The maximum atomic E-state index is 13.3. The third-order valence-corrected chi connectivity index (χ3v) is 2.68. The summed E-state index contributed by atoms with van der Waals surface area (Å²) in [7, 11) is 0. The molecule has 0 unspecified atom stereocenters. The normalized spacial score (nSPS) is 19.4. The highest BCUT2D eigenvalue weighted by atomic mass is 19.2. The molecular weight excluding hydrogens is 233 g/mol. The molecule has 1 aliphatic heterocycles. The maximum absolute atomic E-state index is 13.3. The number of carbonyl (C=O) groups is 1. The second-order valence-electron chi connectivity index (χ2n) is 3.89. The second-order valence-corrected chi connectivity index (χ2v) is 3.89. The van der Waals surface area contributed by atoms with Crippen molar-refractivity contribution in [3.8, 4) is 0 Å². The van der Waals surface area contributed by atoms with Gasteiger partial charge in [-0.2, -0.15) is 0 Å². The quantitative estimate of drug-likeness (QED) is 0.767. The molecule has 3 nitrogen and oxygen atoms in total. The molecule has 1 atom stereocenters. The van der Waals surface area contributed by atoms with Gasteiger partial charge in [0.2, 0.25) is 0 Å². The number of rotatable bonds is 2. The largest absolute Gasteiger partial charge is 0.348 e. The van der Waals surface area contributed by atoms with E-state index in [1.807, 2.05) is 0 Å². The van der Waals surface area contributed by atoms with Crippen molar-refractivity contribution < 1.29 is 18.0 Å². The summed E-state index contributed by atoms with van der Waals surface area (Å²) in [5.74, 6) is -5.10. The van der Waals surface area contributed by atoms with Gasteiger partial charge in [0, 0.05) is 12.6 Å². The van der Waals surface area contributed by atoms with Crippen LogP contribution >= 0.6 is 0 Å². The molecule has 1 aromatic carbocycles. The molecule has 0 spiro atoms. The number of benzene rings is 1. The van der Waals surface area contributed by atoms with Gasteiger partial charge in [-0.25, -0.2) is 13.2 Å². The van der Waals surface area contributed by atoms with E-state index in [0.717, 1.165) is 25.1 Å². The summed E-state index contributed by atoms with van der Waals surface area (Å²) in [6.07, 6.45) is 0.733. The van der Waals surface area contributed by atoms with Crippen LogP contribution in [0.5, 0.6) is 0 Å². The zero-order valence-corrected chi connectivity index (χ0v) is 8.90. The number of carbonyl (C=O) groups excluding carboxylic acids is 1. The monoisotopic (exact) mass is 244 g/mol. The first-order chi connectivity index (χ1) is 8.09. The zero-order valence-electron chi connectivity index (χ0n) is 8.90. The van der Waals surface area contributed by atoms with Crippen LogP contribution in [0.25, 0.3) is 0 Å². The number of amides is 1. The van der Waals surface area contributed by atoms with E-state index in [1.165, 1.54) is 0 Å². The molecular formula is C11H11F3N2O. The highest BCUT2D eigenvalue weighted by Gasteiger charge is 2.22. The van der Waals surface area contributed by atoms with E-state index in [2.05, 4.69) is 10.6 Å².